The quantitative estimate of drug-likeness (QED) is 0.581. The van der Waals surface area contributed by atoms with Gasteiger partial charge in [0, 0.05) is 11.6 Å². The van der Waals surface area contributed by atoms with Gasteiger partial charge in [0.2, 0.25) is 0 Å². The van der Waals surface area contributed by atoms with E-state index in [9.17, 15) is 9.50 Å². The molecule has 2 N–H and O–H groups in total. The van der Waals surface area contributed by atoms with Crippen molar-refractivity contribution in [2.24, 2.45) is 0 Å². The number of rotatable bonds is 5. The summed E-state index contributed by atoms with van der Waals surface area (Å²) in [4.78, 5) is 0. The van der Waals surface area contributed by atoms with Crippen molar-refractivity contribution >= 4 is 11.4 Å². The zero-order valence-corrected chi connectivity index (χ0v) is 13.5. The van der Waals surface area contributed by atoms with Crippen molar-refractivity contribution in [3.8, 4) is 5.75 Å². The first-order chi connectivity index (χ1) is 11.7. The maximum absolute atomic E-state index is 13.0. The Bertz CT molecular complexity index is 800. The molecule has 0 bridgehead atoms. The zero-order valence-electron chi connectivity index (χ0n) is 13.5. The minimum atomic E-state index is -0.284. The van der Waals surface area contributed by atoms with Gasteiger partial charge in [0.25, 0.3) is 0 Å². The van der Waals surface area contributed by atoms with Gasteiger partial charge in [-0.1, -0.05) is 43.3 Å². The van der Waals surface area contributed by atoms with E-state index < -0.39 is 0 Å². The number of phenolic OH excluding ortho intramolecular Hbond substituents is 1. The van der Waals surface area contributed by atoms with Crippen LogP contribution in [0.15, 0.2) is 72.8 Å². The highest BCUT2D eigenvalue weighted by molar-refractivity contribution is 5.67. The third-order valence-corrected chi connectivity index (χ3v) is 4.16. The lowest BCUT2D eigenvalue weighted by molar-refractivity contribution is 0.477. The molecule has 3 rings (SSSR count). The van der Waals surface area contributed by atoms with Crippen LogP contribution in [0.5, 0.6) is 5.75 Å². The first-order valence-corrected chi connectivity index (χ1v) is 8.08. The van der Waals surface area contributed by atoms with Crippen LogP contribution in [0.4, 0.5) is 15.8 Å². The van der Waals surface area contributed by atoms with Gasteiger partial charge in [-0.25, -0.2) is 4.39 Å². The molecule has 0 spiro atoms. The summed E-state index contributed by atoms with van der Waals surface area (Å²) in [5.41, 5.74) is 3.73. The number of nitrogens with one attached hydrogen (secondary N) is 1. The molecule has 0 radical (unpaired) electrons. The van der Waals surface area contributed by atoms with Crippen molar-refractivity contribution in [2.75, 3.05) is 5.32 Å². The minimum absolute atomic E-state index is 0.172. The van der Waals surface area contributed by atoms with E-state index in [0.29, 0.717) is 5.69 Å². The first-order valence-electron chi connectivity index (χ1n) is 8.08. The SMILES string of the molecule is CCC(c1ccccc1)c1ccc(O)c(Nc2ccc(F)cc2)c1. The summed E-state index contributed by atoms with van der Waals surface area (Å²) in [6.45, 7) is 2.15. The summed E-state index contributed by atoms with van der Waals surface area (Å²) in [5, 5.41) is 13.3. The molecule has 0 aliphatic heterocycles. The Morgan fingerprint density at radius 3 is 2.29 bits per heavy atom. The first kappa shape index (κ1) is 16.1. The summed E-state index contributed by atoms with van der Waals surface area (Å²) >= 11 is 0. The highest BCUT2D eigenvalue weighted by Crippen LogP contribution is 2.34. The molecule has 1 unspecified atom stereocenters. The number of halogens is 1. The van der Waals surface area contributed by atoms with Gasteiger partial charge < -0.3 is 10.4 Å². The van der Waals surface area contributed by atoms with Gasteiger partial charge in [0.05, 0.1) is 5.69 Å². The Labute approximate surface area is 141 Å². The average Bonchev–Trinajstić information content (AvgIpc) is 2.61. The van der Waals surface area contributed by atoms with Gasteiger partial charge in [-0.05, 0) is 53.9 Å². The molecule has 0 heterocycles. The second-order valence-corrected chi connectivity index (χ2v) is 5.78. The Kier molecular flexibility index (Phi) is 4.80. The molecular formula is C21H20FNO. The predicted octanol–water partition coefficient (Wildman–Crippen LogP) is 5.82. The maximum Gasteiger partial charge on any atom is 0.139 e. The number of hydrogen-bond acceptors (Lipinski definition) is 2. The third-order valence-electron chi connectivity index (χ3n) is 4.16. The molecule has 0 aromatic heterocycles. The van der Waals surface area contributed by atoms with E-state index in [2.05, 4.69) is 24.4 Å². The van der Waals surface area contributed by atoms with Crippen molar-refractivity contribution in [1.29, 1.82) is 0 Å². The predicted molar refractivity (Wildman–Crippen MR) is 96.4 cm³/mol. The van der Waals surface area contributed by atoms with Crippen molar-refractivity contribution in [3.05, 3.63) is 89.7 Å². The van der Waals surface area contributed by atoms with E-state index >= 15 is 0 Å². The lowest BCUT2D eigenvalue weighted by Gasteiger charge is -2.18. The van der Waals surface area contributed by atoms with Crippen LogP contribution in [-0.2, 0) is 0 Å². The molecule has 2 nitrogen and oxygen atoms in total. The largest absolute Gasteiger partial charge is 0.506 e. The molecule has 0 saturated carbocycles. The number of anilines is 2. The number of hydrogen-bond donors (Lipinski definition) is 2. The number of benzene rings is 3. The summed E-state index contributed by atoms with van der Waals surface area (Å²) in [5.74, 6) is 0.153. The Morgan fingerprint density at radius 2 is 1.62 bits per heavy atom. The van der Waals surface area contributed by atoms with Crippen LogP contribution >= 0.6 is 0 Å². The van der Waals surface area contributed by atoms with Gasteiger partial charge in [-0.2, -0.15) is 0 Å². The summed E-state index contributed by atoms with van der Waals surface area (Å²) in [6.07, 6.45) is 0.963. The summed E-state index contributed by atoms with van der Waals surface area (Å²) in [6, 6.07) is 22.0. The minimum Gasteiger partial charge on any atom is -0.506 e. The lowest BCUT2D eigenvalue weighted by Crippen LogP contribution is -2.01. The van der Waals surface area contributed by atoms with Gasteiger partial charge in [0.15, 0.2) is 0 Å². The van der Waals surface area contributed by atoms with Crippen molar-refractivity contribution < 1.29 is 9.50 Å². The normalized spacial score (nSPS) is 11.9. The molecule has 3 aromatic rings. The Balaban J connectivity index is 1.91. The fraction of sp³-hybridized carbons (Fsp3) is 0.143. The van der Waals surface area contributed by atoms with E-state index in [4.69, 9.17) is 0 Å². The molecule has 0 aliphatic rings. The molecule has 0 fully saturated rings. The second kappa shape index (κ2) is 7.18. The number of phenols is 1. The van der Waals surface area contributed by atoms with Crippen LogP contribution in [0.1, 0.15) is 30.4 Å². The maximum atomic E-state index is 13.0. The standard InChI is InChI=1S/C21H20FNO/c1-2-19(15-6-4-3-5-7-15)16-8-13-21(24)20(14-16)23-18-11-9-17(22)10-12-18/h3-14,19,23-24H,2H2,1H3. The molecule has 0 amide bonds. The van der Waals surface area contributed by atoms with E-state index in [1.54, 1.807) is 18.2 Å². The van der Waals surface area contributed by atoms with Crippen molar-refractivity contribution in [1.82, 2.24) is 0 Å². The van der Waals surface area contributed by atoms with Crippen LogP contribution in [0.25, 0.3) is 0 Å². The van der Waals surface area contributed by atoms with E-state index in [1.807, 2.05) is 30.3 Å². The smallest absolute Gasteiger partial charge is 0.139 e. The number of aromatic hydroxyl groups is 1. The topological polar surface area (TPSA) is 32.3 Å². The van der Waals surface area contributed by atoms with Gasteiger partial charge in [-0.15, -0.1) is 0 Å². The lowest BCUT2D eigenvalue weighted by atomic mass is 9.89. The molecule has 3 aromatic carbocycles. The monoisotopic (exact) mass is 321 g/mol. The fourth-order valence-corrected chi connectivity index (χ4v) is 2.91. The molecule has 1 atom stereocenters. The van der Waals surface area contributed by atoms with Crippen LogP contribution in [0, 0.1) is 5.82 Å². The average molecular weight is 321 g/mol. The summed E-state index contributed by atoms with van der Waals surface area (Å²) < 4.78 is 13.0. The second-order valence-electron chi connectivity index (χ2n) is 5.78. The van der Waals surface area contributed by atoms with Crippen LogP contribution < -0.4 is 5.32 Å². The highest BCUT2D eigenvalue weighted by Gasteiger charge is 2.14. The van der Waals surface area contributed by atoms with E-state index in [1.165, 1.54) is 17.7 Å². The van der Waals surface area contributed by atoms with Crippen molar-refractivity contribution in [2.45, 2.75) is 19.3 Å². The Morgan fingerprint density at radius 1 is 0.917 bits per heavy atom. The Hall–Kier alpha value is -2.81. The molecule has 0 aliphatic carbocycles. The van der Waals surface area contributed by atoms with Gasteiger partial charge in [-0.3, -0.25) is 0 Å². The van der Waals surface area contributed by atoms with Crippen LogP contribution in [-0.4, -0.2) is 5.11 Å². The molecule has 3 heteroatoms. The molecule has 24 heavy (non-hydrogen) atoms. The van der Waals surface area contributed by atoms with Gasteiger partial charge >= 0.3 is 0 Å². The molecule has 122 valence electrons. The van der Waals surface area contributed by atoms with E-state index in [-0.39, 0.29) is 17.5 Å². The van der Waals surface area contributed by atoms with E-state index in [0.717, 1.165) is 17.7 Å². The van der Waals surface area contributed by atoms with Crippen LogP contribution in [0.3, 0.4) is 0 Å². The van der Waals surface area contributed by atoms with Gasteiger partial charge in [0.1, 0.15) is 11.6 Å². The van der Waals surface area contributed by atoms with Crippen LogP contribution in [0.2, 0.25) is 0 Å². The fourth-order valence-electron chi connectivity index (χ4n) is 2.91. The zero-order chi connectivity index (χ0) is 16.9. The van der Waals surface area contributed by atoms with Crippen molar-refractivity contribution in [3.63, 3.8) is 0 Å². The highest BCUT2D eigenvalue weighted by atomic mass is 19.1. The molecule has 0 saturated heterocycles. The molecular weight excluding hydrogens is 301 g/mol. The summed E-state index contributed by atoms with van der Waals surface area (Å²) in [7, 11) is 0. The third kappa shape index (κ3) is 3.57.